The molecule has 1 fully saturated rings. The second kappa shape index (κ2) is 12.3. The molecule has 27 heavy (non-hydrogen) atoms. The molecule has 0 radical (unpaired) electrons. The van der Waals surface area contributed by atoms with Gasteiger partial charge >= 0.3 is 0 Å². The summed E-state index contributed by atoms with van der Waals surface area (Å²) in [7, 11) is 0. The molecule has 1 aliphatic rings. The number of carbonyl (C=O) groups is 1. The quantitative estimate of drug-likeness (QED) is 0.515. The van der Waals surface area contributed by atoms with Crippen LogP contribution in [0, 0.1) is 5.92 Å². The van der Waals surface area contributed by atoms with E-state index >= 15 is 0 Å². The second-order valence-electron chi connectivity index (χ2n) is 7.12. The number of benzene rings is 1. The summed E-state index contributed by atoms with van der Waals surface area (Å²) >= 11 is 0. The lowest BCUT2D eigenvalue weighted by Crippen LogP contribution is -2.42. The zero-order valence-electron chi connectivity index (χ0n) is 16.7. The van der Waals surface area contributed by atoms with Crippen molar-refractivity contribution >= 4 is 11.9 Å². The van der Waals surface area contributed by atoms with Crippen LogP contribution in [0.15, 0.2) is 35.3 Å². The molecule has 0 aliphatic carbocycles. The monoisotopic (exact) mass is 374 g/mol. The second-order valence-corrected chi connectivity index (χ2v) is 7.12. The number of amides is 1. The molecule has 1 aromatic carbocycles. The maximum Gasteiger partial charge on any atom is 0.244 e. The first-order chi connectivity index (χ1) is 13.2. The van der Waals surface area contributed by atoms with Gasteiger partial charge < -0.3 is 20.3 Å². The summed E-state index contributed by atoms with van der Waals surface area (Å²) in [6.07, 6.45) is 3.43. The van der Waals surface area contributed by atoms with E-state index in [0.29, 0.717) is 25.1 Å². The van der Waals surface area contributed by atoms with E-state index in [-0.39, 0.29) is 12.5 Å². The fraction of sp³-hybridized carbons (Fsp3) is 0.619. The molecule has 6 nitrogen and oxygen atoms in total. The molecule has 1 heterocycles. The first-order valence-electron chi connectivity index (χ1n) is 10.1. The smallest absolute Gasteiger partial charge is 0.244 e. The van der Waals surface area contributed by atoms with Crippen molar-refractivity contribution in [1.82, 2.24) is 15.5 Å². The maximum absolute atomic E-state index is 12.3. The van der Waals surface area contributed by atoms with Crippen molar-refractivity contribution in [3.05, 3.63) is 35.9 Å². The third-order valence-electron chi connectivity index (χ3n) is 4.56. The standard InChI is InChI=1S/C21H34N4O2/c1-3-22-21(24-15-20(26)25-12-8-5-9-13-25)23-14-18(2)16-27-17-19-10-6-4-7-11-19/h4,6-7,10-11,18H,3,5,8-9,12-17H2,1-2H3,(H2,22,23,24). The van der Waals surface area contributed by atoms with Crippen molar-refractivity contribution in [2.75, 3.05) is 39.3 Å². The van der Waals surface area contributed by atoms with Crippen LogP contribution in [0.4, 0.5) is 0 Å². The third-order valence-corrected chi connectivity index (χ3v) is 4.56. The number of aliphatic imine (C=N–C) groups is 1. The number of piperidine rings is 1. The molecule has 0 bridgehead atoms. The Kier molecular flexibility index (Phi) is 9.69. The van der Waals surface area contributed by atoms with Crippen molar-refractivity contribution in [2.24, 2.45) is 10.9 Å². The van der Waals surface area contributed by atoms with E-state index in [9.17, 15) is 4.79 Å². The number of ether oxygens (including phenoxy) is 1. The number of nitrogens with one attached hydrogen (secondary N) is 2. The van der Waals surface area contributed by atoms with Gasteiger partial charge in [0.2, 0.25) is 5.91 Å². The summed E-state index contributed by atoms with van der Waals surface area (Å²) in [5.41, 5.74) is 1.18. The fourth-order valence-corrected chi connectivity index (χ4v) is 3.01. The van der Waals surface area contributed by atoms with E-state index in [0.717, 1.165) is 39.0 Å². The number of hydrogen-bond donors (Lipinski definition) is 2. The molecular weight excluding hydrogens is 340 g/mol. The Morgan fingerprint density at radius 3 is 2.63 bits per heavy atom. The Labute approximate surface area is 163 Å². The highest BCUT2D eigenvalue weighted by Gasteiger charge is 2.16. The first kappa shape index (κ1) is 21.2. The molecule has 1 aliphatic heterocycles. The predicted molar refractivity (Wildman–Crippen MR) is 110 cm³/mol. The van der Waals surface area contributed by atoms with Gasteiger partial charge in [-0.05, 0) is 37.7 Å². The number of guanidine groups is 1. The molecule has 1 unspecified atom stereocenters. The van der Waals surface area contributed by atoms with Crippen LogP contribution >= 0.6 is 0 Å². The molecule has 0 spiro atoms. The molecule has 2 N–H and O–H groups in total. The molecule has 1 saturated heterocycles. The van der Waals surface area contributed by atoms with Gasteiger partial charge in [-0.25, -0.2) is 4.99 Å². The summed E-state index contributed by atoms with van der Waals surface area (Å²) < 4.78 is 5.79. The normalized spacial score (nSPS) is 16.1. The van der Waals surface area contributed by atoms with E-state index in [4.69, 9.17) is 4.74 Å². The van der Waals surface area contributed by atoms with Crippen LogP contribution in [0.3, 0.4) is 0 Å². The molecule has 2 rings (SSSR count). The summed E-state index contributed by atoms with van der Waals surface area (Å²) in [5, 5.41) is 6.52. The minimum Gasteiger partial charge on any atom is -0.376 e. The van der Waals surface area contributed by atoms with Crippen molar-refractivity contribution in [3.63, 3.8) is 0 Å². The van der Waals surface area contributed by atoms with Crippen LogP contribution in [0.2, 0.25) is 0 Å². The van der Waals surface area contributed by atoms with Crippen LogP contribution in [-0.2, 0) is 16.1 Å². The average molecular weight is 375 g/mol. The Morgan fingerprint density at radius 2 is 1.93 bits per heavy atom. The van der Waals surface area contributed by atoms with Crippen LogP contribution in [0.25, 0.3) is 0 Å². The minimum absolute atomic E-state index is 0.117. The Bertz CT molecular complexity index is 571. The molecule has 1 atom stereocenters. The van der Waals surface area contributed by atoms with Gasteiger partial charge in [-0.15, -0.1) is 0 Å². The van der Waals surface area contributed by atoms with Gasteiger partial charge in [0.25, 0.3) is 0 Å². The van der Waals surface area contributed by atoms with Gasteiger partial charge in [0.05, 0.1) is 13.2 Å². The van der Waals surface area contributed by atoms with Gasteiger partial charge in [0.15, 0.2) is 5.96 Å². The Balaban J connectivity index is 1.69. The topological polar surface area (TPSA) is 66.0 Å². The number of likely N-dealkylation sites (tertiary alicyclic amines) is 1. The lowest BCUT2D eigenvalue weighted by Gasteiger charge is -2.26. The molecule has 1 aromatic rings. The van der Waals surface area contributed by atoms with Crippen molar-refractivity contribution in [1.29, 1.82) is 0 Å². The van der Waals surface area contributed by atoms with E-state index < -0.39 is 0 Å². The molecular formula is C21H34N4O2. The molecule has 1 amide bonds. The lowest BCUT2D eigenvalue weighted by molar-refractivity contribution is -0.130. The summed E-state index contributed by atoms with van der Waals surface area (Å²) in [6, 6.07) is 10.2. The van der Waals surface area contributed by atoms with Crippen LogP contribution in [0.1, 0.15) is 38.7 Å². The van der Waals surface area contributed by atoms with E-state index in [1.165, 1.54) is 12.0 Å². The first-order valence-corrected chi connectivity index (χ1v) is 10.1. The number of hydrogen-bond acceptors (Lipinski definition) is 3. The van der Waals surface area contributed by atoms with Crippen molar-refractivity contribution < 1.29 is 9.53 Å². The molecule has 150 valence electrons. The van der Waals surface area contributed by atoms with Crippen LogP contribution < -0.4 is 10.6 Å². The van der Waals surface area contributed by atoms with E-state index in [1.54, 1.807) is 0 Å². The van der Waals surface area contributed by atoms with Gasteiger partial charge in [-0.1, -0.05) is 37.3 Å². The molecule has 0 aromatic heterocycles. The lowest BCUT2D eigenvalue weighted by atomic mass is 10.1. The van der Waals surface area contributed by atoms with Crippen molar-refractivity contribution in [3.8, 4) is 0 Å². The van der Waals surface area contributed by atoms with E-state index in [1.807, 2.05) is 30.0 Å². The van der Waals surface area contributed by atoms with Crippen LogP contribution in [-0.4, -0.2) is 56.1 Å². The summed E-state index contributed by atoms with van der Waals surface area (Å²) in [5.74, 6) is 1.15. The molecule has 6 heteroatoms. The summed E-state index contributed by atoms with van der Waals surface area (Å²) in [6.45, 7) is 8.92. The SMILES string of the molecule is CCNC(=NCC(=O)N1CCCCC1)NCC(C)COCc1ccccc1. The highest BCUT2D eigenvalue weighted by molar-refractivity contribution is 5.85. The average Bonchev–Trinajstić information content (AvgIpc) is 2.71. The Hall–Kier alpha value is -2.08. The predicted octanol–water partition coefficient (Wildman–Crippen LogP) is 2.41. The van der Waals surface area contributed by atoms with Gasteiger partial charge in [-0.2, -0.15) is 0 Å². The maximum atomic E-state index is 12.3. The number of rotatable bonds is 9. The van der Waals surface area contributed by atoms with Gasteiger partial charge in [-0.3, -0.25) is 4.79 Å². The number of carbonyl (C=O) groups excluding carboxylic acids is 1. The zero-order chi connectivity index (χ0) is 19.3. The van der Waals surface area contributed by atoms with Crippen molar-refractivity contribution in [2.45, 2.75) is 39.7 Å². The molecule has 0 saturated carbocycles. The Morgan fingerprint density at radius 1 is 1.19 bits per heavy atom. The number of nitrogens with zero attached hydrogens (tertiary/aromatic N) is 2. The van der Waals surface area contributed by atoms with Crippen LogP contribution in [0.5, 0.6) is 0 Å². The minimum atomic E-state index is 0.117. The van der Waals surface area contributed by atoms with E-state index in [2.05, 4.69) is 34.7 Å². The van der Waals surface area contributed by atoms with Gasteiger partial charge in [0, 0.05) is 26.2 Å². The largest absolute Gasteiger partial charge is 0.376 e. The highest BCUT2D eigenvalue weighted by Crippen LogP contribution is 2.08. The fourth-order valence-electron chi connectivity index (χ4n) is 3.01. The third kappa shape index (κ3) is 8.43. The zero-order valence-corrected chi connectivity index (χ0v) is 16.7. The summed E-state index contributed by atoms with van der Waals surface area (Å²) in [4.78, 5) is 18.6. The van der Waals surface area contributed by atoms with Gasteiger partial charge in [0.1, 0.15) is 6.54 Å². The highest BCUT2D eigenvalue weighted by atomic mass is 16.5.